The second kappa shape index (κ2) is 7.11. The SMILES string of the molecule is CC.Cc1nn(SF)c2cc(/C=C3/C(=O)Nc4ccccc43)ccc12. The average molecular weight is 355 g/mol. The van der Waals surface area contributed by atoms with Gasteiger partial charge in [-0.2, -0.15) is 9.19 Å². The Morgan fingerprint density at radius 3 is 2.72 bits per heavy atom. The molecule has 1 aromatic heterocycles. The summed E-state index contributed by atoms with van der Waals surface area (Å²) < 4.78 is 14.2. The van der Waals surface area contributed by atoms with Gasteiger partial charge in [-0.1, -0.05) is 44.2 Å². The highest BCUT2D eigenvalue weighted by atomic mass is 32.2. The molecule has 0 unspecified atom stereocenters. The fourth-order valence-corrected chi connectivity index (χ4v) is 3.23. The highest BCUT2D eigenvalue weighted by Gasteiger charge is 2.23. The number of hydrogen-bond acceptors (Lipinski definition) is 3. The molecule has 6 heteroatoms. The van der Waals surface area contributed by atoms with E-state index in [1.807, 2.05) is 69.3 Å². The average Bonchev–Trinajstić information content (AvgIpc) is 3.13. The minimum atomic E-state index is -0.129. The van der Waals surface area contributed by atoms with E-state index in [4.69, 9.17) is 0 Å². The lowest BCUT2D eigenvalue weighted by atomic mass is 10.0. The van der Waals surface area contributed by atoms with Gasteiger partial charge in [-0.3, -0.25) is 4.79 Å². The molecule has 2 aromatic carbocycles. The summed E-state index contributed by atoms with van der Waals surface area (Å²) in [4.78, 5) is 12.2. The first-order valence-corrected chi connectivity index (χ1v) is 8.75. The van der Waals surface area contributed by atoms with Crippen LogP contribution >= 0.6 is 12.3 Å². The molecule has 0 saturated heterocycles. The topological polar surface area (TPSA) is 46.9 Å². The van der Waals surface area contributed by atoms with E-state index in [1.165, 1.54) is 4.09 Å². The maximum atomic E-state index is 13.0. The van der Waals surface area contributed by atoms with Gasteiger partial charge in [-0.25, -0.2) is 0 Å². The summed E-state index contributed by atoms with van der Waals surface area (Å²) in [5.41, 5.74) is 4.58. The van der Waals surface area contributed by atoms with Crippen LogP contribution in [0.15, 0.2) is 42.5 Å². The maximum absolute atomic E-state index is 13.0. The number of benzene rings is 2. The Labute approximate surface area is 150 Å². The molecule has 0 spiro atoms. The van der Waals surface area contributed by atoms with Crippen molar-refractivity contribution in [3.8, 4) is 0 Å². The Balaban J connectivity index is 0.000000880. The van der Waals surface area contributed by atoms with E-state index in [-0.39, 0.29) is 18.2 Å². The minimum Gasteiger partial charge on any atom is -0.321 e. The van der Waals surface area contributed by atoms with Crippen LogP contribution in [0.1, 0.15) is 30.7 Å². The van der Waals surface area contributed by atoms with Crippen LogP contribution in [0.4, 0.5) is 9.57 Å². The van der Waals surface area contributed by atoms with Gasteiger partial charge in [0, 0.05) is 22.2 Å². The largest absolute Gasteiger partial charge is 0.321 e. The van der Waals surface area contributed by atoms with Gasteiger partial charge < -0.3 is 5.32 Å². The maximum Gasteiger partial charge on any atom is 0.256 e. The number of para-hydroxylation sites is 1. The summed E-state index contributed by atoms with van der Waals surface area (Å²) >= 11 is 0.0653. The zero-order chi connectivity index (χ0) is 18.0. The molecule has 25 heavy (non-hydrogen) atoms. The van der Waals surface area contributed by atoms with E-state index >= 15 is 0 Å². The van der Waals surface area contributed by atoms with Crippen LogP contribution in [0.5, 0.6) is 0 Å². The summed E-state index contributed by atoms with van der Waals surface area (Å²) in [6.45, 7) is 5.84. The van der Waals surface area contributed by atoms with Gasteiger partial charge in [0.1, 0.15) is 0 Å². The number of nitrogens with one attached hydrogen (secondary N) is 1. The van der Waals surface area contributed by atoms with E-state index in [0.717, 1.165) is 27.9 Å². The Bertz CT molecular complexity index is 978. The summed E-state index contributed by atoms with van der Waals surface area (Å²) in [6.07, 6.45) is 1.82. The lowest BCUT2D eigenvalue weighted by molar-refractivity contribution is -0.110. The fraction of sp³-hybridized carbons (Fsp3) is 0.158. The van der Waals surface area contributed by atoms with Crippen molar-refractivity contribution in [3.63, 3.8) is 0 Å². The highest BCUT2D eigenvalue weighted by molar-refractivity contribution is 7.92. The van der Waals surface area contributed by atoms with Gasteiger partial charge in [-0.05, 0) is 30.7 Å². The summed E-state index contributed by atoms with van der Waals surface area (Å²) in [5, 5.41) is 7.88. The van der Waals surface area contributed by atoms with E-state index in [1.54, 1.807) is 0 Å². The molecule has 0 saturated carbocycles. The number of aryl methyl sites for hydroxylation is 1. The van der Waals surface area contributed by atoms with E-state index in [9.17, 15) is 8.68 Å². The van der Waals surface area contributed by atoms with Crippen LogP contribution in [0.2, 0.25) is 0 Å². The van der Waals surface area contributed by atoms with Gasteiger partial charge in [0.05, 0.1) is 11.2 Å². The van der Waals surface area contributed by atoms with Gasteiger partial charge in [0.25, 0.3) is 5.91 Å². The molecule has 4 nitrogen and oxygen atoms in total. The molecule has 1 aliphatic heterocycles. The van der Waals surface area contributed by atoms with Crippen molar-refractivity contribution >= 4 is 46.5 Å². The normalized spacial score (nSPS) is 14.2. The lowest BCUT2D eigenvalue weighted by Gasteiger charge is -2.00. The smallest absolute Gasteiger partial charge is 0.256 e. The number of carbonyl (C=O) groups excluding carboxylic acids is 1. The van der Waals surface area contributed by atoms with Crippen molar-refractivity contribution < 1.29 is 8.68 Å². The number of anilines is 1. The molecular weight excluding hydrogens is 337 g/mol. The molecule has 0 aliphatic carbocycles. The van der Waals surface area contributed by atoms with E-state index in [2.05, 4.69) is 10.4 Å². The third kappa shape index (κ3) is 3.05. The molecule has 0 radical (unpaired) electrons. The summed E-state index contributed by atoms with van der Waals surface area (Å²) in [5.74, 6) is -0.129. The van der Waals surface area contributed by atoms with Crippen molar-refractivity contribution in [1.29, 1.82) is 0 Å². The minimum absolute atomic E-state index is 0.0653. The molecule has 2 heterocycles. The van der Waals surface area contributed by atoms with Crippen molar-refractivity contribution in [2.24, 2.45) is 0 Å². The number of amides is 1. The summed E-state index contributed by atoms with van der Waals surface area (Å²) in [7, 11) is 0. The van der Waals surface area contributed by atoms with Crippen LogP contribution in [0, 0.1) is 6.92 Å². The van der Waals surface area contributed by atoms with E-state index in [0.29, 0.717) is 11.1 Å². The van der Waals surface area contributed by atoms with Crippen molar-refractivity contribution in [1.82, 2.24) is 9.19 Å². The van der Waals surface area contributed by atoms with Gasteiger partial charge in [-0.15, -0.1) is 3.89 Å². The molecule has 1 amide bonds. The fourth-order valence-electron chi connectivity index (χ4n) is 2.85. The number of nitrogens with zero attached hydrogens (tertiary/aromatic N) is 2. The standard InChI is InChI=1S/C17H12FN3OS.C2H6/c1-10-12-7-6-11(9-16(12)21(20-10)23-18)8-14-13-4-2-3-5-15(13)19-17(14)22;1-2/h2-9H,1H3,(H,19,22);1-2H3/b14-8+;. The molecule has 128 valence electrons. The first-order valence-electron chi connectivity index (χ1n) is 8.08. The lowest BCUT2D eigenvalue weighted by Crippen LogP contribution is -2.03. The summed E-state index contributed by atoms with van der Waals surface area (Å²) in [6, 6.07) is 13.2. The van der Waals surface area contributed by atoms with Crippen molar-refractivity contribution in [2.75, 3.05) is 5.32 Å². The first-order chi connectivity index (χ1) is 12.2. The zero-order valence-electron chi connectivity index (χ0n) is 14.2. The monoisotopic (exact) mass is 355 g/mol. The van der Waals surface area contributed by atoms with Gasteiger partial charge in [0.2, 0.25) is 0 Å². The Kier molecular flexibility index (Phi) is 4.90. The zero-order valence-corrected chi connectivity index (χ0v) is 15.0. The molecule has 0 fully saturated rings. The number of carbonyl (C=O) groups is 1. The molecular formula is C19H18FN3OS. The van der Waals surface area contributed by atoms with Crippen LogP contribution < -0.4 is 5.32 Å². The Morgan fingerprint density at radius 1 is 1.20 bits per heavy atom. The second-order valence-corrected chi connectivity index (χ2v) is 5.85. The number of fused-ring (bicyclic) bond motifs is 2. The van der Waals surface area contributed by atoms with Crippen LogP contribution in [-0.4, -0.2) is 15.1 Å². The third-order valence-electron chi connectivity index (χ3n) is 3.94. The number of rotatable bonds is 2. The van der Waals surface area contributed by atoms with Crippen molar-refractivity contribution in [2.45, 2.75) is 20.8 Å². The third-order valence-corrected chi connectivity index (χ3v) is 4.35. The molecule has 0 atom stereocenters. The quantitative estimate of drug-likeness (QED) is 0.639. The van der Waals surface area contributed by atoms with Gasteiger partial charge >= 0.3 is 0 Å². The van der Waals surface area contributed by atoms with Gasteiger partial charge in [0.15, 0.2) is 12.3 Å². The van der Waals surface area contributed by atoms with Crippen LogP contribution in [-0.2, 0) is 4.79 Å². The number of halogens is 1. The van der Waals surface area contributed by atoms with Crippen LogP contribution in [0.3, 0.4) is 0 Å². The first kappa shape index (κ1) is 17.2. The molecule has 0 bridgehead atoms. The molecule has 3 aromatic rings. The molecule has 4 rings (SSSR count). The van der Waals surface area contributed by atoms with Crippen LogP contribution in [0.25, 0.3) is 22.6 Å². The predicted octanol–water partition coefficient (Wildman–Crippen LogP) is 5.24. The number of hydrogen-bond donors (Lipinski definition) is 1. The number of aromatic nitrogens is 2. The highest BCUT2D eigenvalue weighted by Crippen LogP contribution is 2.33. The Morgan fingerprint density at radius 2 is 1.96 bits per heavy atom. The van der Waals surface area contributed by atoms with Crippen molar-refractivity contribution in [3.05, 3.63) is 59.3 Å². The second-order valence-electron chi connectivity index (χ2n) is 5.36. The molecule has 1 N–H and O–H groups in total. The molecule has 1 aliphatic rings. The Hall–Kier alpha value is -2.60. The predicted molar refractivity (Wildman–Crippen MR) is 103 cm³/mol. The van der Waals surface area contributed by atoms with E-state index < -0.39 is 0 Å².